The van der Waals surface area contributed by atoms with Crippen LogP contribution in [0.5, 0.6) is 0 Å². The van der Waals surface area contributed by atoms with Crippen LogP contribution < -0.4 is 11.3 Å². The number of nitrogens with zero attached hydrogens (tertiary/aromatic N) is 2. The summed E-state index contributed by atoms with van der Waals surface area (Å²) in [7, 11) is 0. The van der Waals surface area contributed by atoms with Crippen LogP contribution in [0.2, 0.25) is 0 Å². The summed E-state index contributed by atoms with van der Waals surface area (Å²) in [5.74, 6) is 6.47. The zero-order valence-electron chi connectivity index (χ0n) is 10.4. The van der Waals surface area contributed by atoms with Gasteiger partial charge < -0.3 is 0 Å². The second-order valence-electron chi connectivity index (χ2n) is 3.79. The lowest BCUT2D eigenvalue weighted by molar-refractivity contribution is 0.0953. The molecule has 100 valence electrons. The van der Waals surface area contributed by atoms with E-state index < -0.39 is 0 Å². The van der Waals surface area contributed by atoms with Crippen molar-refractivity contribution in [3.8, 4) is 0 Å². The van der Waals surface area contributed by atoms with Gasteiger partial charge >= 0.3 is 0 Å². The minimum atomic E-state index is -0.281. The number of nitrogens with one attached hydrogen (secondary N) is 1. The van der Waals surface area contributed by atoms with Crippen LogP contribution in [0.1, 0.15) is 28.7 Å². The third-order valence-corrected chi connectivity index (χ3v) is 4.39. The van der Waals surface area contributed by atoms with E-state index in [0.717, 1.165) is 27.9 Å². The number of carbonyl (C=O) groups excluding carboxylic acids is 1. The Labute approximate surface area is 119 Å². The largest absolute Gasteiger partial charge is 0.290 e. The summed E-state index contributed by atoms with van der Waals surface area (Å²) in [6.07, 6.45) is 0.850. The van der Waals surface area contributed by atoms with E-state index in [2.05, 4.69) is 14.8 Å². The molecule has 1 heterocycles. The van der Waals surface area contributed by atoms with Gasteiger partial charge in [-0.3, -0.25) is 10.2 Å². The van der Waals surface area contributed by atoms with Crippen LogP contribution in [0, 0.1) is 0 Å². The number of carbonyl (C=O) groups is 1. The quantitative estimate of drug-likeness (QED) is 0.381. The fourth-order valence-electron chi connectivity index (χ4n) is 1.47. The summed E-state index contributed by atoms with van der Waals surface area (Å²) in [5.41, 5.74) is 3.74. The predicted octanol–water partition coefficient (Wildman–Crippen LogP) is 2.00. The molecule has 19 heavy (non-hydrogen) atoms. The molecular weight excluding hydrogens is 280 g/mol. The number of aromatic nitrogens is 2. The van der Waals surface area contributed by atoms with Crippen LogP contribution in [-0.4, -0.2) is 15.3 Å². The summed E-state index contributed by atoms with van der Waals surface area (Å²) >= 11 is 3.03. The van der Waals surface area contributed by atoms with Crippen LogP contribution >= 0.6 is 23.3 Å². The normalized spacial score (nSPS) is 10.4. The highest BCUT2D eigenvalue weighted by Gasteiger charge is 2.06. The van der Waals surface area contributed by atoms with Crippen molar-refractivity contribution in [1.82, 2.24) is 14.8 Å². The van der Waals surface area contributed by atoms with Gasteiger partial charge in [-0.25, -0.2) is 10.8 Å². The molecule has 0 atom stereocenters. The van der Waals surface area contributed by atoms with Gasteiger partial charge in [0.15, 0.2) is 4.34 Å². The third kappa shape index (κ3) is 3.76. The number of nitrogens with two attached hydrogens (primary N) is 1. The van der Waals surface area contributed by atoms with Crippen molar-refractivity contribution in [2.75, 3.05) is 0 Å². The van der Waals surface area contributed by atoms with Crippen LogP contribution in [-0.2, 0) is 12.2 Å². The molecule has 0 saturated heterocycles. The molecule has 2 rings (SSSR count). The lowest BCUT2D eigenvalue weighted by Gasteiger charge is -2.03. The molecule has 3 N–H and O–H groups in total. The number of thioether (sulfide) groups is 1. The van der Waals surface area contributed by atoms with Crippen molar-refractivity contribution in [2.24, 2.45) is 5.84 Å². The van der Waals surface area contributed by atoms with Crippen molar-refractivity contribution >= 4 is 29.2 Å². The number of hydrazine groups is 1. The Balaban J connectivity index is 2.01. The van der Waals surface area contributed by atoms with Crippen molar-refractivity contribution in [3.63, 3.8) is 0 Å². The molecule has 0 radical (unpaired) electrons. The van der Waals surface area contributed by atoms with Crippen LogP contribution in [0.3, 0.4) is 0 Å². The standard InChI is InChI=1S/C12H14N4OS2/c1-2-10-14-12(19-16-10)18-7-8-4-3-5-9(6-8)11(17)15-13/h3-6H,2,7,13H2,1H3,(H,15,17). The molecule has 2 aromatic rings. The molecule has 0 bridgehead atoms. The lowest BCUT2D eigenvalue weighted by atomic mass is 10.1. The van der Waals surface area contributed by atoms with Gasteiger partial charge in [0.25, 0.3) is 5.91 Å². The molecular formula is C12H14N4OS2. The Kier molecular flexibility index (Phi) is 4.89. The first kappa shape index (κ1) is 14.0. The van der Waals surface area contributed by atoms with Gasteiger partial charge in [-0.05, 0) is 29.2 Å². The maximum absolute atomic E-state index is 11.4. The van der Waals surface area contributed by atoms with Gasteiger partial charge in [0, 0.05) is 17.7 Å². The Morgan fingerprint density at radius 3 is 3.05 bits per heavy atom. The van der Waals surface area contributed by atoms with E-state index in [1.54, 1.807) is 17.8 Å². The highest BCUT2D eigenvalue weighted by Crippen LogP contribution is 2.24. The van der Waals surface area contributed by atoms with E-state index >= 15 is 0 Å². The second-order valence-corrected chi connectivity index (χ2v) is 5.77. The lowest BCUT2D eigenvalue weighted by Crippen LogP contribution is -2.29. The van der Waals surface area contributed by atoms with Crippen molar-refractivity contribution < 1.29 is 4.79 Å². The molecule has 0 aliphatic carbocycles. The van der Waals surface area contributed by atoms with Crippen LogP contribution in [0.25, 0.3) is 0 Å². The Morgan fingerprint density at radius 2 is 2.37 bits per heavy atom. The molecule has 1 aromatic heterocycles. The van der Waals surface area contributed by atoms with E-state index in [-0.39, 0.29) is 5.91 Å². The van der Waals surface area contributed by atoms with Gasteiger partial charge in [-0.2, -0.15) is 4.37 Å². The fourth-order valence-corrected chi connectivity index (χ4v) is 3.11. The maximum Gasteiger partial charge on any atom is 0.265 e. The summed E-state index contributed by atoms with van der Waals surface area (Å²) in [5, 5.41) is 0. The van der Waals surface area contributed by atoms with E-state index in [1.165, 1.54) is 11.5 Å². The zero-order chi connectivity index (χ0) is 13.7. The second kappa shape index (κ2) is 6.65. The minimum Gasteiger partial charge on any atom is -0.290 e. The minimum absolute atomic E-state index is 0.281. The molecule has 1 amide bonds. The summed E-state index contributed by atoms with van der Waals surface area (Å²) in [6, 6.07) is 7.38. The summed E-state index contributed by atoms with van der Waals surface area (Å²) < 4.78 is 5.18. The topological polar surface area (TPSA) is 80.9 Å². The molecule has 0 spiro atoms. The average molecular weight is 294 g/mol. The first-order valence-corrected chi connectivity index (χ1v) is 7.54. The van der Waals surface area contributed by atoms with Crippen molar-refractivity contribution in [1.29, 1.82) is 0 Å². The SMILES string of the molecule is CCc1nsc(SCc2cccc(C(=O)NN)c2)n1. The van der Waals surface area contributed by atoms with Crippen molar-refractivity contribution in [3.05, 3.63) is 41.2 Å². The number of aryl methyl sites for hydroxylation is 1. The molecule has 7 heteroatoms. The number of hydrogen-bond acceptors (Lipinski definition) is 6. The van der Waals surface area contributed by atoms with Gasteiger partial charge in [0.05, 0.1) is 0 Å². The third-order valence-electron chi connectivity index (χ3n) is 2.45. The highest BCUT2D eigenvalue weighted by molar-refractivity contribution is 8.00. The molecule has 0 unspecified atom stereocenters. The number of benzene rings is 1. The number of amides is 1. The molecule has 0 saturated carbocycles. The van der Waals surface area contributed by atoms with E-state index in [0.29, 0.717) is 5.56 Å². The van der Waals surface area contributed by atoms with Crippen LogP contribution in [0.15, 0.2) is 28.6 Å². The van der Waals surface area contributed by atoms with Crippen LogP contribution in [0.4, 0.5) is 0 Å². The summed E-state index contributed by atoms with van der Waals surface area (Å²) in [4.78, 5) is 15.8. The molecule has 5 nitrogen and oxygen atoms in total. The number of hydrogen-bond donors (Lipinski definition) is 2. The van der Waals surface area contributed by atoms with E-state index in [4.69, 9.17) is 5.84 Å². The monoisotopic (exact) mass is 294 g/mol. The first-order valence-electron chi connectivity index (χ1n) is 5.78. The Morgan fingerprint density at radius 1 is 1.53 bits per heavy atom. The number of rotatable bonds is 5. The average Bonchev–Trinajstić information content (AvgIpc) is 2.92. The summed E-state index contributed by atoms with van der Waals surface area (Å²) in [6.45, 7) is 2.03. The van der Waals surface area contributed by atoms with Gasteiger partial charge in [0.1, 0.15) is 5.82 Å². The first-order chi connectivity index (χ1) is 9.22. The Bertz CT molecular complexity index is 570. The fraction of sp³-hybridized carbons (Fsp3) is 0.250. The van der Waals surface area contributed by atoms with Gasteiger partial charge in [0.2, 0.25) is 0 Å². The van der Waals surface area contributed by atoms with Gasteiger partial charge in [-0.15, -0.1) is 0 Å². The zero-order valence-corrected chi connectivity index (χ0v) is 12.1. The smallest absolute Gasteiger partial charge is 0.265 e. The molecule has 1 aromatic carbocycles. The van der Waals surface area contributed by atoms with Crippen molar-refractivity contribution in [2.45, 2.75) is 23.4 Å². The Hall–Kier alpha value is -1.44. The van der Waals surface area contributed by atoms with E-state index in [1.807, 2.05) is 25.1 Å². The molecule has 0 aliphatic rings. The predicted molar refractivity (Wildman–Crippen MR) is 76.9 cm³/mol. The highest BCUT2D eigenvalue weighted by atomic mass is 32.2. The van der Waals surface area contributed by atoms with Gasteiger partial charge in [-0.1, -0.05) is 30.8 Å². The maximum atomic E-state index is 11.4. The van der Waals surface area contributed by atoms with E-state index in [9.17, 15) is 4.79 Å². The number of nitrogen functional groups attached to an aromatic ring is 1. The molecule has 0 fully saturated rings. The molecule has 0 aliphatic heterocycles.